The lowest BCUT2D eigenvalue weighted by atomic mass is 10.2. The van der Waals surface area contributed by atoms with Gasteiger partial charge in [-0.05, 0) is 46.7 Å². The van der Waals surface area contributed by atoms with Crippen LogP contribution in [-0.4, -0.2) is 31.8 Å². The van der Waals surface area contributed by atoms with Gasteiger partial charge >= 0.3 is 0 Å². The van der Waals surface area contributed by atoms with Crippen molar-refractivity contribution in [2.45, 2.75) is 19.9 Å². The Morgan fingerprint density at radius 1 is 1.05 bits per heavy atom. The smallest absolute Gasteiger partial charge is 0.200 e. The van der Waals surface area contributed by atoms with Gasteiger partial charge in [0.2, 0.25) is 0 Å². The van der Waals surface area contributed by atoms with E-state index in [0.29, 0.717) is 12.2 Å². The van der Waals surface area contributed by atoms with Gasteiger partial charge in [-0.1, -0.05) is 19.1 Å². The average molecular weight is 283 g/mol. The molecule has 0 amide bonds. The second-order valence-electron chi connectivity index (χ2n) is 4.72. The fourth-order valence-electron chi connectivity index (χ4n) is 1.95. The molecule has 0 atom stereocenters. The van der Waals surface area contributed by atoms with E-state index in [1.807, 2.05) is 12.1 Å². The number of aromatic nitrogens is 5. The lowest BCUT2D eigenvalue weighted by molar-refractivity contribution is 0.734. The van der Waals surface area contributed by atoms with Crippen LogP contribution in [0.1, 0.15) is 18.9 Å². The Bertz CT molecular complexity index is 705. The fourth-order valence-corrected chi connectivity index (χ4v) is 1.95. The highest BCUT2D eigenvalue weighted by atomic mass is 15.6. The van der Waals surface area contributed by atoms with E-state index in [1.165, 1.54) is 10.2 Å². The van der Waals surface area contributed by atoms with Crippen molar-refractivity contribution in [2.24, 2.45) is 0 Å². The minimum Gasteiger partial charge on any atom is -0.385 e. The first-order valence-corrected chi connectivity index (χ1v) is 6.97. The second kappa shape index (κ2) is 6.17. The quantitative estimate of drug-likeness (QED) is 0.720. The zero-order chi connectivity index (χ0) is 14.5. The average Bonchev–Trinajstić information content (AvgIpc) is 2.99. The molecule has 0 bridgehead atoms. The van der Waals surface area contributed by atoms with Crippen LogP contribution in [0.25, 0.3) is 5.65 Å². The summed E-state index contributed by atoms with van der Waals surface area (Å²) in [6.45, 7) is 3.85. The van der Waals surface area contributed by atoms with Crippen LogP contribution < -0.4 is 10.6 Å². The van der Waals surface area contributed by atoms with Crippen molar-refractivity contribution in [1.82, 2.24) is 25.3 Å². The molecule has 0 aliphatic heterocycles. The molecule has 0 aliphatic carbocycles. The maximum absolute atomic E-state index is 4.27. The van der Waals surface area contributed by atoms with Gasteiger partial charge in [0.15, 0.2) is 5.65 Å². The minimum atomic E-state index is 0.631. The molecule has 0 saturated heterocycles. The number of benzene rings is 1. The Hall–Kier alpha value is -2.70. The van der Waals surface area contributed by atoms with Crippen molar-refractivity contribution in [3.63, 3.8) is 0 Å². The number of tetrazole rings is 1. The Labute approximate surface area is 122 Å². The van der Waals surface area contributed by atoms with Gasteiger partial charge in [0.25, 0.3) is 0 Å². The van der Waals surface area contributed by atoms with Gasteiger partial charge in [-0.2, -0.15) is 0 Å². The minimum absolute atomic E-state index is 0.631. The van der Waals surface area contributed by atoms with Crippen molar-refractivity contribution < 1.29 is 0 Å². The van der Waals surface area contributed by atoms with E-state index in [-0.39, 0.29) is 0 Å². The Balaban J connectivity index is 1.61. The zero-order valence-corrected chi connectivity index (χ0v) is 11.8. The Morgan fingerprint density at radius 3 is 2.71 bits per heavy atom. The number of fused-ring (bicyclic) bond motifs is 1. The Kier molecular flexibility index (Phi) is 3.90. The van der Waals surface area contributed by atoms with Crippen LogP contribution in [-0.2, 0) is 6.54 Å². The molecule has 3 aromatic rings. The fraction of sp³-hybridized carbons (Fsp3) is 0.286. The lowest BCUT2D eigenvalue weighted by Gasteiger charge is -2.08. The predicted molar refractivity (Wildman–Crippen MR) is 81.1 cm³/mol. The third kappa shape index (κ3) is 3.25. The SMILES string of the molecule is CCCNc1ccc(CNc2ccc3nnnn3n2)cc1. The molecular weight excluding hydrogens is 266 g/mol. The van der Waals surface area contributed by atoms with Gasteiger partial charge in [-0.25, -0.2) is 0 Å². The van der Waals surface area contributed by atoms with Crippen LogP contribution in [0.15, 0.2) is 36.4 Å². The molecule has 21 heavy (non-hydrogen) atoms. The van der Waals surface area contributed by atoms with Gasteiger partial charge < -0.3 is 10.6 Å². The number of hydrogen-bond donors (Lipinski definition) is 2. The van der Waals surface area contributed by atoms with Gasteiger partial charge in [0, 0.05) is 18.8 Å². The molecule has 0 saturated carbocycles. The number of rotatable bonds is 6. The van der Waals surface area contributed by atoms with E-state index in [9.17, 15) is 0 Å². The van der Waals surface area contributed by atoms with Crippen LogP contribution in [0.3, 0.4) is 0 Å². The zero-order valence-electron chi connectivity index (χ0n) is 11.8. The standard InChI is InChI=1S/C14H17N7/c1-2-9-15-12-5-3-11(4-6-12)10-16-13-7-8-14-17-19-20-21(14)18-13/h3-8,15H,2,9-10H2,1H3,(H,16,18). The maximum atomic E-state index is 4.27. The summed E-state index contributed by atoms with van der Waals surface area (Å²) in [5, 5.41) is 22.0. The maximum Gasteiger partial charge on any atom is 0.200 e. The molecule has 0 radical (unpaired) electrons. The lowest BCUT2D eigenvalue weighted by Crippen LogP contribution is -2.05. The summed E-state index contributed by atoms with van der Waals surface area (Å²) in [6.07, 6.45) is 1.12. The van der Waals surface area contributed by atoms with Crippen molar-refractivity contribution >= 4 is 17.2 Å². The monoisotopic (exact) mass is 283 g/mol. The van der Waals surface area contributed by atoms with Gasteiger partial charge in [0.1, 0.15) is 5.82 Å². The van der Waals surface area contributed by atoms with Gasteiger partial charge in [-0.15, -0.1) is 14.8 Å². The first-order chi connectivity index (χ1) is 10.3. The van der Waals surface area contributed by atoms with Crippen molar-refractivity contribution in [1.29, 1.82) is 0 Å². The molecule has 1 aromatic carbocycles. The third-order valence-electron chi connectivity index (χ3n) is 3.08. The Morgan fingerprint density at radius 2 is 1.90 bits per heavy atom. The number of hydrogen-bond acceptors (Lipinski definition) is 6. The van der Waals surface area contributed by atoms with Crippen molar-refractivity contribution in [2.75, 3.05) is 17.2 Å². The van der Waals surface area contributed by atoms with E-state index >= 15 is 0 Å². The van der Waals surface area contributed by atoms with Crippen LogP contribution in [0.4, 0.5) is 11.5 Å². The third-order valence-corrected chi connectivity index (χ3v) is 3.08. The summed E-state index contributed by atoms with van der Waals surface area (Å²) in [5.41, 5.74) is 2.97. The molecule has 0 unspecified atom stereocenters. The number of anilines is 2. The van der Waals surface area contributed by atoms with E-state index in [1.54, 1.807) is 0 Å². The second-order valence-corrected chi connectivity index (χ2v) is 4.72. The molecule has 0 aliphatic rings. The summed E-state index contributed by atoms with van der Waals surface area (Å²) in [5.74, 6) is 0.739. The van der Waals surface area contributed by atoms with Crippen LogP contribution in [0.2, 0.25) is 0 Å². The van der Waals surface area contributed by atoms with Crippen molar-refractivity contribution in [3.05, 3.63) is 42.0 Å². The molecule has 2 heterocycles. The molecule has 7 nitrogen and oxygen atoms in total. The molecule has 0 fully saturated rings. The molecule has 2 N–H and O–H groups in total. The summed E-state index contributed by atoms with van der Waals surface area (Å²) < 4.78 is 1.40. The van der Waals surface area contributed by atoms with Gasteiger partial charge in [-0.3, -0.25) is 0 Å². The van der Waals surface area contributed by atoms with Gasteiger partial charge in [0.05, 0.1) is 0 Å². The summed E-state index contributed by atoms with van der Waals surface area (Å²) in [7, 11) is 0. The highest BCUT2D eigenvalue weighted by Crippen LogP contribution is 2.11. The van der Waals surface area contributed by atoms with E-state index < -0.39 is 0 Å². The largest absolute Gasteiger partial charge is 0.385 e. The highest BCUT2D eigenvalue weighted by Gasteiger charge is 2.00. The highest BCUT2D eigenvalue weighted by molar-refractivity contribution is 5.46. The molecule has 108 valence electrons. The normalized spacial score (nSPS) is 10.7. The summed E-state index contributed by atoms with van der Waals surface area (Å²) in [4.78, 5) is 0. The number of nitrogens with one attached hydrogen (secondary N) is 2. The van der Waals surface area contributed by atoms with Crippen LogP contribution in [0, 0.1) is 0 Å². The predicted octanol–water partition coefficient (Wildman–Crippen LogP) is 1.95. The topological polar surface area (TPSA) is 80.0 Å². The first-order valence-electron chi connectivity index (χ1n) is 6.97. The molecule has 2 aromatic heterocycles. The molecule has 3 rings (SSSR count). The molecule has 7 heteroatoms. The first kappa shape index (κ1) is 13.3. The van der Waals surface area contributed by atoms with Crippen LogP contribution >= 0.6 is 0 Å². The number of nitrogens with zero attached hydrogens (tertiary/aromatic N) is 5. The van der Waals surface area contributed by atoms with Crippen LogP contribution in [0.5, 0.6) is 0 Å². The van der Waals surface area contributed by atoms with E-state index in [0.717, 1.165) is 24.5 Å². The van der Waals surface area contributed by atoms with E-state index in [4.69, 9.17) is 0 Å². The molecule has 0 spiro atoms. The summed E-state index contributed by atoms with van der Waals surface area (Å²) >= 11 is 0. The summed E-state index contributed by atoms with van der Waals surface area (Å²) in [6, 6.07) is 12.1. The van der Waals surface area contributed by atoms with Crippen molar-refractivity contribution in [3.8, 4) is 0 Å². The van der Waals surface area contributed by atoms with E-state index in [2.05, 4.69) is 62.4 Å². The molecular formula is C14H17N7.